The predicted octanol–water partition coefficient (Wildman–Crippen LogP) is 3.42. The number of alkyl halides is 3. The van der Waals surface area contributed by atoms with Gasteiger partial charge >= 0.3 is 6.18 Å². The van der Waals surface area contributed by atoms with Gasteiger partial charge in [-0.15, -0.1) is 0 Å². The molecule has 3 heterocycles. The van der Waals surface area contributed by atoms with Gasteiger partial charge < -0.3 is 16.1 Å². The first kappa shape index (κ1) is 18.5. The highest BCUT2D eigenvalue weighted by atomic mass is 32.2. The van der Waals surface area contributed by atoms with Gasteiger partial charge in [-0.3, -0.25) is 4.79 Å². The van der Waals surface area contributed by atoms with Crippen LogP contribution in [-0.4, -0.2) is 21.1 Å². The van der Waals surface area contributed by atoms with E-state index < -0.39 is 23.7 Å². The molecule has 2 aliphatic rings. The van der Waals surface area contributed by atoms with Crippen molar-refractivity contribution in [2.75, 3.05) is 5.43 Å². The second kappa shape index (κ2) is 6.93. The van der Waals surface area contributed by atoms with Crippen LogP contribution in [0.25, 0.3) is 6.08 Å². The van der Waals surface area contributed by atoms with E-state index >= 15 is 0 Å². The summed E-state index contributed by atoms with van der Waals surface area (Å²) in [7, 11) is 0. The van der Waals surface area contributed by atoms with Gasteiger partial charge in [0.2, 0.25) is 0 Å². The SMILES string of the molecule is CC1=CNC(NC(=O)c2cnc3n2NC(c2ccccc2C(F)(F)F)C=C3)S1. The fraction of sp³-hybridized carbons (Fsp3) is 0.222. The maximum atomic E-state index is 13.4. The topological polar surface area (TPSA) is 71.0 Å². The molecule has 10 heteroatoms. The molecule has 0 radical (unpaired) electrons. The van der Waals surface area contributed by atoms with Crippen molar-refractivity contribution in [3.8, 4) is 0 Å². The molecule has 0 aliphatic carbocycles. The minimum atomic E-state index is -4.47. The monoisotopic (exact) mass is 407 g/mol. The summed E-state index contributed by atoms with van der Waals surface area (Å²) in [6, 6.07) is 4.60. The van der Waals surface area contributed by atoms with Gasteiger partial charge in [0.15, 0.2) is 11.3 Å². The highest BCUT2D eigenvalue weighted by Crippen LogP contribution is 2.36. The summed E-state index contributed by atoms with van der Waals surface area (Å²) < 4.78 is 41.5. The van der Waals surface area contributed by atoms with Crippen molar-refractivity contribution in [2.45, 2.75) is 24.6 Å². The molecule has 0 saturated heterocycles. The highest BCUT2D eigenvalue weighted by molar-refractivity contribution is 8.03. The lowest BCUT2D eigenvalue weighted by Crippen LogP contribution is -2.40. The van der Waals surface area contributed by atoms with Gasteiger partial charge in [0.25, 0.3) is 5.91 Å². The number of benzene rings is 1. The van der Waals surface area contributed by atoms with Crippen molar-refractivity contribution in [3.05, 3.63) is 70.3 Å². The van der Waals surface area contributed by atoms with Crippen LogP contribution >= 0.6 is 11.8 Å². The number of hydrogen-bond acceptors (Lipinski definition) is 5. The molecule has 4 rings (SSSR count). The molecule has 2 aliphatic heterocycles. The van der Waals surface area contributed by atoms with E-state index in [0.29, 0.717) is 5.82 Å². The van der Waals surface area contributed by atoms with Crippen LogP contribution in [0.3, 0.4) is 0 Å². The molecule has 2 aromatic rings. The molecule has 3 N–H and O–H groups in total. The molecule has 2 atom stereocenters. The number of amides is 1. The van der Waals surface area contributed by atoms with Crippen LogP contribution in [0.15, 0.2) is 47.6 Å². The quantitative estimate of drug-likeness (QED) is 0.727. The van der Waals surface area contributed by atoms with Gasteiger partial charge in [-0.1, -0.05) is 36.0 Å². The molecular weight excluding hydrogens is 391 g/mol. The maximum absolute atomic E-state index is 13.4. The number of carbonyl (C=O) groups excluding carboxylic acids is 1. The summed E-state index contributed by atoms with van der Waals surface area (Å²) in [4.78, 5) is 17.8. The number of nitrogens with one attached hydrogen (secondary N) is 3. The number of carbonyl (C=O) groups is 1. The van der Waals surface area contributed by atoms with E-state index in [2.05, 4.69) is 21.0 Å². The number of nitrogens with zero attached hydrogens (tertiary/aromatic N) is 2. The van der Waals surface area contributed by atoms with Crippen molar-refractivity contribution in [3.63, 3.8) is 0 Å². The number of imidazole rings is 1. The Morgan fingerprint density at radius 3 is 2.82 bits per heavy atom. The standard InChI is InChI=1S/C18H16F3N5OS/c1-10-8-23-17(28-10)24-16(27)14-9-22-15-7-6-13(25-26(14)15)11-4-2-3-5-12(11)18(19,20)21/h2-9,13,17,23,25H,1H3,(H,24,27). The molecule has 0 bridgehead atoms. The Bertz CT molecular complexity index is 982. The van der Waals surface area contributed by atoms with Crippen LogP contribution in [0.4, 0.5) is 13.2 Å². The van der Waals surface area contributed by atoms with Crippen LogP contribution in [0, 0.1) is 0 Å². The van der Waals surface area contributed by atoms with E-state index in [0.717, 1.165) is 11.0 Å². The third kappa shape index (κ3) is 3.47. The first-order valence-corrected chi connectivity index (χ1v) is 9.30. The van der Waals surface area contributed by atoms with Crippen LogP contribution < -0.4 is 16.1 Å². The summed E-state index contributed by atoms with van der Waals surface area (Å²) >= 11 is 1.46. The summed E-state index contributed by atoms with van der Waals surface area (Å²) in [5, 5.41) is 5.83. The fourth-order valence-electron chi connectivity index (χ4n) is 3.05. The molecular formula is C18H16F3N5OS. The predicted molar refractivity (Wildman–Crippen MR) is 101 cm³/mol. The van der Waals surface area contributed by atoms with E-state index in [-0.39, 0.29) is 16.8 Å². The minimum absolute atomic E-state index is 0.0739. The molecule has 0 saturated carbocycles. The molecule has 0 fully saturated rings. The van der Waals surface area contributed by atoms with E-state index in [4.69, 9.17) is 0 Å². The third-order valence-corrected chi connectivity index (χ3v) is 5.31. The molecule has 6 nitrogen and oxygen atoms in total. The average molecular weight is 407 g/mol. The van der Waals surface area contributed by atoms with E-state index in [1.807, 2.05) is 6.92 Å². The summed E-state index contributed by atoms with van der Waals surface area (Å²) in [6.07, 6.45) is 1.90. The van der Waals surface area contributed by atoms with Crippen molar-refractivity contribution >= 4 is 23.7 Å². The van der Waals surface area contributed by atoms with Gasteiger partial charge in [0.05, 0.1) is 17.8 Å². The van der Waals surface area contributed by atoms with Gasteiger partial charge in [-0.25, -0.2) is 9.66 Å². The summed E-state index contributed by atoms with van der Waals surface area (Å²) in [5.41, 5.74) is 2.21. The zero-order valence-electron chi connectivity index (χ0n) is 14.6. The first-order chi connectivity index (χ1) is 13.3. The summed E-state index contributed by atoms with van der Waals surface area (Å²) in [6.45, 7) is 1.92. The molecule has 0 spiro atoms. The van der Waals surface area contributed by atoms with E-state index in [1.54, 1.807) is 24.4 Å². The minimum Gasteiger partial charge on any atom is -0.362 e. The van der Waals surface area contributed by atoms with Crippen LogP contribution in [0.5, 0.6) is 0 Å². The lowest BCUT2D eigenvalue weighted by atomic mass is 9.99. The molecule has 28 heavy (non-hydrogen) atoms. The number of allylic oxidation sites excluding steroid dienone is 1. The normalized spacial score (nSPS) is 20.8. The van der Waals surface area contributed by atoms with Crippen molar-refractivity contribution in [2.24, 2.45) is 0 Å². The Morgan fingerprint density at radius 2 is 2.11 bits per heavy atom. The fourth-order valence-corrected chi connectivity index (χ4v) is 3.86. The Labute approximate surface area is 162 Å². The largest absolute Gasteiger partial charge is 0.416 e. The zero-order valence-corrected chi connectivity index (χ0v) is 15.4. The third-order valence-electron chi connectivity index (χ3n) is 4.33. The lowest BCUT2D eigenvalue weighted by molar-refractivity contribution is -0.138. The Kier molecular flexibility index (Phi) is 4.58. The molecule has 1 aromatic heterocycles. The number of thioether (sulfide) groups is 1. The maximum Gasteiger partial charge on any atom is 0.416 e. The van der Waals surface area contributed by atoms with Crippen molar-refractivity contribution < 1.29 is 18.0 Å². The van der Waals surface area contributed by atoms with Crippen LogP contribution in [0.1, 0.15) is 40.4 Å². The Morgan fingerprint density at radius 1 is 1.32 bits per heavy atom. The van der Waals surface area contributed by atoms with Gasteiger partial charge in [-0.2, -0.15) is 13.2 Å². The zero-order chi connectivity index (χ0) is 19.9. The number of rotatable bonds is 3. The van der Waals surface area contributed by atoms with Crippen LogP contribution in [-0.2, 0) is 6.18 Å². The first-order valence-electron chi connectivity index (χ1n) is 8.42. The van der Waals surface area contributed by atoms with Gasteiger partial charge in [0.1, 0.15) is 5.69 Å². The van der Waals surface area contributed by atoms with E-state index in [1.165, 1.54) is 34.8 Å². The lowest BCUT2D eigenvalue weighted by Gasteiger charge is -2.26. The number of aromatic nitrogens is 2. The molecule has 146 valence electrons. The Hall–Kier alpha value is -2.88. The van der Waals surface area contributed by atoms with E-state index in [9.17, 15) is 18.0 Å². The molecule has 2 unspecified atom stereocenters. The van der Waals surface area contributed by atoms with Gasteiger partial charge in [0, 0.05) is 11.1 Å². The second-order valence-electron chi connectivity index (χ2n) is 6.28. The van der Waals surface area contributed by atoms with Crippen molar-refractivity contribution in [1.29, 1.82) is 0 Å². The molecule has 1 aromatic carbocycles. The Balaban J connectivity index is 1.58. The smallest absolute Gasteiger partial charge is 0.362 e. The van der Waals surface area contributed by atoms with Crippen molar-refractivity contribution in [1.82, 2.24) is 20.3 Å². The van der Waals surface area contributed by atoms with Crippen LogP contribution in [0.2, 0.25) is 0 Å². The average Bonchev–Trinajstić information content (AvgIpc) is 3.26. The second-order valence-corrected chi connectivity index (χ2v) is 7.63. The number of fused-ring (bicyclic) bond motifs is 1. The number of halogens is 3. The van der Waals surface area contributed by atoms with Gasteiger partial charge in [-0.05, 0) is 24.6 Å². The molecule has 1 amide bonds. The number of hydrogen-bond donors (Lipinski definition) is 3. The highest BCUT2D eigenvalue weighted by Gasteiger charge is 2.35. The summed E-state index contributed by atoms with van der Waals surface area (Å²) in [5.74, 6) is 0.0461.